The van der Waals surface area contributed by atoms with Crippen molar-refractivity contribution in [1.82, 2.24) is 14.9 Å². The molecule has 0 aromatic carbocycles. The van der Waals surface area contributed by atoms with Crippen LogP contribution in [0.3, 0.4) is 0 Å². The Labute approximate surface area is 112 Å². The molecular weight excluding hydrogens is 250 g/mol. The van der Waals surface area contributed by atoms with E-state index in [1.807, 2.05) is 20.8 Å². The van der Waals surface area contributed by atoms with Gasteiger partial charge in [-0.25, -0.2) is 0 Å². The number of aliphatic hydroxyl groups excluding tert-OH is 1. The molecule has 0 spiro atoms. The van der Waals surface area contributed by atoms with Crippen LogP contribution < -0.4 is 5.32 Å². The van der Waals surface area contributed by atoms with E-state index < -0.39 is 6.10 Å². The zero-order valence-electron chi connectivity index (χ0n) is 11.1. The molecule has 0 radical (unpaired) electrons. The number of amides is 1. The van der Waals surface area contributed by atoms with Gasteiger partial charge >= 0.3 is 0 Å². The average Bonchev–Trinajstić information content (AvgIpc) is 2.74. The van der Waals surface area contributed by atoms with Crippen LogP contribution in [0.2, 0.25) is 0 Å². The SMILES string of the molecule is CCCc1nnsc1C(=O)NCC(O)CC(C)C. The number of carbonyl (C=O) groups excluding carboxylic acids is 1. The summed E-state index contributed by atoms with van der Waals surface area (Å²) in [5.41, 5.74) is 0.748. The average molecular weight is 271 g/mol. The van der Waals surface area contributed by atoms with Crippen LogP contribution in [0.15, 0.2) is 0 Å². The number of aromatic nitrogens is 2. The third kappa shape index (κ3) is 4.70. The molecule has 1 atom stereocenters. The first-order valence-corrected chi connectivity index (χ1v) is 7.09. The van der Waals surface area contributed by atoms with E-state index in [0.717, 1.165) is 30.1 Å². The van der Waals surface area contributed by atoms with Gasteiger partial charge in [-0.2, -0.15) is 0 Å². The molecule has 1 amide bonds. The van der Waals surface area contributed by atoms with Crippen molar-refractivity contribution in [2.45, 2.75) is 46.1 Å². The molecule has 0 fully saturated rings. The summed E-state index contributed by atoms with van der Waals surface area (Å²) in [4.78, 5) is 12.5. The van der Waals surface area contributed by atoms with E-state index >= 15 is 0 Å². The highest BCUT2D eigenvalue weighted by Crippen LogP contribution is 2.12. The van der Waals surface area contributed by atoms with Gasteiger partial charge < -0.3 is 10.4 Å². The van der Waals surface area contributed by atoms with Gasteiger partial charge in [0.25, 0.3) is 5.91 Å². The van der Waals surface area contributed by atoms with E-state index in [-0.39, 0.29) is 12.5 Å². The van der Waals surface area contributed by atoms with Crippen molar-refractivity contribution in [3.8, 4) is 0 Å². The number of aryl methyl sites for hydroxylation is 1. The lowest BCUT2D eigenvalue weighted by atomic mass is 10.1. The third-order valence-electron chi connectivity index (χ3n) is 2.49. The van der Waals surface area contributed by atoms with Gasteiger partial charge in [-0.3, -0.25) is 4.79 Å². The summed E-state index contributed by atoms with van der Waals surface area (Å²) in [6, 6.07) is 0. The standard InChI is InChI=1S/C12H21N3O2S/c1-4-5-10-11(18-15-14-10)12(17)13-7-9(16)6-8(2)3/h8-9,16H,4-7H2,1-3H3,(H,13,17). The van der Waals surface area contributed by atoms with E-state index in [9.17, 15) is 9.90 Å². The van der Waals surface area contributed by atoms with Gasteiger partial charge in [0, 0.05) is 6.54 Å². The summed E-state index contributed by atoms with van der Waals surface area (Å²) in [5.74, 6) is 0.230. The van der Waals surface area contributed by atoms with Crippen molar-refractivity contribution in [2.75, 3.05) is 6.54 Å². The fourth-order valence-corrected chi connectivity index (χ4v) is 2.32. The molecule has 2 N–H and O–H groups in total. The first-order chi connectivity index (χ1) is 8.54. The van der Waals surface area contributed by atoms with Crippen LogP contribution in [-0.2, 0) is 6.42 Å². The zero-order valence-corrected chi connectivity index (χ0v) is 12.0. The summed E-state index contributed by atoms with van der Waals surface area (Å²) in [6.45, 7) is 6.39. The summed E-state index contributed by atoms with van der Waals surface area (Å²) < 4.78 is 3.81. The maximum absolute atomic E-state index is 11.9. The highest BCUT2D eigenvalue weighted by molar-refractivity contribution is 7.08. The summed E-state index contributed by atoms with van der Waals surface area (Å²) in [6.07, 6.45) is 1.88. The molecule has 0 saturated heterocycles. The van der Waals surface area contributed by atoms with Gasteiger partial charge in [0.05, 0.1) is 11.8 Å². The van der Waals surface area contributed by atoms with E-state index in [1.54, 1.807) is 0 Å². The van der Waals surface area contributed by atoms with Crippen molar-refractivity contribution < 1.29 is 9.90 Å². The number of nitrogens with one attached hydrogen (secondary N) is 1. The van der Waals surface area contributed by atoms with Crippen molar-refractivity contribution >= 4 is 17.4 Å². The molecule has 102 valence electrons. The van der Waals surface area contributed by atoms with Gasteiger partial charge in [-0.05, 0) is 30.3 Å². The van der Waals surface area contributed by atoms with Crippen LogP contribution in [0.25, 0.3) is 0 Å². The second kappa shape index (κ2) is 7.43. The predicted molar refractivity (Wildman–Crippen MR) is 71.7 cm³/mol. The van der Waals surface area contributed by atoms with Crippen molar-refractivity contribution in [3.63, 3.8) is 0 Å². The van der Waals surface area contributed by atoms with Crippen LogP contribution in [-0.4, -0.2) is 33.2 Å². The maximum atomic E-state index is 11.9. The molecule has 18 heavy (non-hydrogen) atoms. The molecule has 0 bridgehead atoms. The highest BCUT2D eigenvalue weighted by atomic mass is 32.1. The van der Waals surface area contributed by atoms with E-state index in [1.165, 1.54) is 0 Å². The number of hydrogen-bond acceptors (Lipinski definition) is 5. The Morgan fingerprint density at radius 3 is 2.83 bits per heavy atom. The minimum Gasteiger partial charge on any atom is -0.391 e. The first-order valence-electron chi connectivity index (χ1n) is 6.32. The molecule has 0 aliphatic carbocycles. The number of nitrogens with zero attached hydrogens (tertiary/aromatic N) is 2. The molecule has 1 heterocycles. The highest BCUT2D eigenvalue weighted by Gasteiger charge is 2.16. The van der Waals surface area contributed by atoms with Gasteiger partial charge in [0.1, 0.15) is 4.88 Å². The second-order valence-corrected chi connectivity index (χ2v) is 5.55. The Hall–Kier alpha value is -1.01. The van der Waals surface area contributed by atoms with E-state index in [4.69, 9.17) is 0 Å². The molecule has 6 heteroatoms. The predicted octanol–water partition coefficient (Wildman–Crippen LogP) is 1.63. The van der Waals surface area contributed by atoms with Crippen LogP contribution >= 0.6 is 11.5 Å². The lowest BCUT2D eigenvalue weighted by Crippen LogP contribution is -2.32. The van der Waals surface area contributed by atoms with Crippen LogP contribution in [0.1, 0.15) is 49.0 Å². The number of hydrogen-bond donors (Lipinski definition) is 2. The maximum Gasteiger partial charge on any atom is 0.265 e. The monoisotopic (exact) mass is 271 g/mol. The Bertz CT molecular complexity index is 379. The molecule has 0 saturated carbocycles. The minimum atomic E-state index is -0.496. The van der Waals surface area contributed by atoms with E-state index in [0.29, 0.717) is 17.2 Å². The zero-order chi connectivity index (χ0) is 13.5. The molecular formula is C12H21N3O2S. The van der Waals surface area contributed by atoms with Crippen molar-refractivity contribution in [2.24, 2.45) is 5.92 Å². The van der Waals surface area contributed by atoms with E-state index in [2.05, 4.69) is 14.9 Å². The Balaban J connectivity index is 2.47. The molecule has 5 nitrogen and oxygen atoms in total. The Kier molecular flexibility index (Phi) is 6.21. The molecule has 0 aliphatic heterocycles. The molecule has 0 aliphatic rings. The molecule has 1 aromatic rings. The number of aliphatic hydroxyl groups is 1. The summed E-state index contributed by atoms with van der Waals surface area (Å²) in [5, 5.41) is 16.4. The molecule has 1 aromatic heterocycles. The smallest absolute Gasteiger partial charge is 0.265 e. The quantitative estimate of drug-likeness (QED) is 0.790. The lowest BCUT2D eigenvalue weighted by Gasteiger charge is -2.13. The fraction of sp³-hybridized carbons (Fsp3) is 0.750. The van der Waals surface area contributed by atoms with Gasteiger partial charge in [-0.15, -0.1) is 5.10 Å². The summed E-state index contributed by atoms with van der Waals surface area (Å²) in [7, 11) is 0. The number of rotatable bonds is 7. The second-order valence-electron chi connectivity index (χ2n) is 4.79. The molecule has 1 rings (SSSR count). The first kappa shape index (κ1) is 15.0. The van der Waals surface area contributed by atoms with Crippen LogP contribution in [0.4, 0.5) is 0 Å². The van der Waals surface area contributed by atoms with Crippen LogP contribution in [0.5, 0.6) is 0 Å². The minimum absolute atomic E-state index is 0.184. The third-order valence-corrected chi connectivity index (χ3v) is 3.26. The molecule has 1 unspecified atom stereocenters. The fourth-order valence-electron chi connectivity index (χ4n) is 1.70. The van der Waals surface area contributed by atoms with Crippen molar-refractivity contribution in [1.29, 1.82) is 0 Å². The van der Waals surface area contributed by atoms with Gasteiger partial charge in [-0.1, -0.05) is 31.7 Å². The van der Waals surface area contributed by atoms with Crippen LogP contribution in [0, 0.1) is 5.92 Å². The van der Waals surface area contributed by atoms with Gasteiger partial charge in [0.2, 0.25) is 0 Å². The van der Waals surface area contributed by atoms with Crippen molar-refractivity contribution in [3.05, 3.63) is 10.6 Å². The normalized spacial score (nSPS) is 12.7. The Morgan fingerprint density at radius 2 is 2.22 bits per heavy atom. The van der Waals surface area contributed by atoms with Gasteiger partial charge in [0.15, 0.2) is 0 Å². The topological polar surface area (TPSA) is 75.1 Å². The Morgan fingerprint density at radius 1 is 1.50 bits per heavy atom. The largest absolute Gasteiger partial charge is 0.391 e. The summed E-state index contributed by atoms with van der Waals surface area (Å²) >= 11 is 1.11. The lowest BCUT2D eigenvalue weighted by molar-refractivity contribution is 0.0903. The number of carbonyl (C=O) groups is 1.